The van der Waals surface area contributed by atoms with Gasteiger partial charge < -0.3 is 15.0 Å². The summed E-state index contributed by atoms with van der Waals surface area (Å²) < 4.78 is 14.9. The van der Waals surface area contributed by atoms with Crippen molar-refractivity contribution in [2.75, 3.05) is 13.6 Å². The Morgan fingerprint density at radius 2 is 1.89 bits per heavy atom. The number of aromatic nitrogens is 1. The van der Waals surface area contributed by atoms with E-state index in [1.165, 1.54) is 23.5 Å². The van der Waals surface area contributed by atoms with Gasteiger partial charge in [0.05, 0.1) is 11.5 Å². The molecule has 2 aromatic heterocycles. The van der Waals surface area contributed by atoms with E-state index in [4.69, 9.17) is 11.6 Å². The second kappa shape index (κ2) is 10.7. The van der Waals surface area contributed by atoms with Crippen molar-refractivity contribution < 1.29 is 14.3 Å². The number of rotatable bonds is 8. The van der Waals surface area contributed by atoms with Gasteiger partial charge in [-0.1, -0.05) is 35.9 Å². The number of nitrogens with zero attached hydrogens (tertiary/aromatic N) is 2. The molecule has 1 atom stereocenters. The Balaban J connectivity index is 1.47. The number of carbonyl (C=O) groups excluding carboxylic acids is 1. The number of benzene rings is 2. The highest BCUT2D eigenvalue weighted by Gasteiger charge is 2.18. The molecule has 182 valence electrons. The molecule has 2 heterocycles. The van der Waals surface area contributed by atoms with E-state index in [1.807, 2.05) is 24.1 Å². The van der Waals surface area contributed by atoms with Crippen LogP contribution in [0.5, 0.6) is 0 Å². The summed E-state index contributed by atoms with van der Waals surface area (Å²) in [5, 5.41) is 14.4. The lowest BCUT2D eigenvalue weighted by Crippen LogP contribution is -2.29. The van der Waals surface area contributed by atoms with E-state index in [9.17, 15) is 19.1 Å². The number of aliphatic hydroxyl groups is 1. The second-order valence-corrected chi connectivity index (χ2v) is 10.0. The highest BCUT2D eigenvalue weighted by atomic mass is 35.5. The lowest BCUT2D eigenvalue weighted by atomic mass is 10.1. The maximum Gasteiger partial charge on any atom is 0.257 e. The SMILES string of the molecule is CN(Cc1cc2c(=O)c(C(=O)NCc3ccc(Cl)cc3)cn(C)c2s1)CC(O)c1ccc(F)cc1. The molecule has 0 spiro atoms. The van der Waals surface area contributed by atoms with Gasteiger partial charge in [-0.25, -0.2) is 4.39 Å². The molecule has 1 amide bonds. The van der Waals surface area contributed by atoms with Crippen molar-refractivity contribution >= 4 is 39.1 Å². The number of aryl methyl sites for hydroxylation is 1. The Morgan fingerprint density at radius 3 is 2.57 bits per heavy atom. The Morgan fingerprint density at radius 1 is 1.20 bits per heavy atom. The smallest absolute Gasteiger partial charge is 0.257 e. The van der Waals surface area contributed by atoms with Crippen molar-refractivity contribution in [3.05, 3.63) is 103 Å². The minimum Gasteiger partial charge on any atom is -0.387 e. The number of likely N-dealkylation sites (N-methyl/N-ethyl adjacent to an activating group) is 1. The third kappa shape index (κ3) is 5.97. The van der Waals surface area contributed by atoms with Crippen molar-refractivity contribution in [1.29, 1.82) is 0 Å². The Hall–Kier alpha value is -3.04. The predicted molar refractivity (Wildman–Crippen MR) is 137 cm³/mol. The van der Waals surface area contributed by atoms with Crippen LogP contribution in [0.15, 0.2) is 65.6 Å². The van der Waals surface area contributed by atoms with Gasteiger partial charge in [0, 0.05) is 42.8 Å². The summed E-state index contributed by atoms with van der Waals surface area (Å²) in [6, 6.07) is 14.7. The van der Waals surface area contributed by atoms with Crippen LogP contribution >= 0.6 is 22.9 Å². The van der Waals surface area contributed by atoms with Crippen LogP contribution in [0.4, 0.5) is 4.39 Å². The van der Waals surface area contributed by atoms with Gasteiger partial charge in [0.25, 0.3) is 5.91 Å². The molecule has 0 saturated heterocycles. The highest BCUT2D eigenvalue weighted by Crippen LogP contribution is 2.25. The zero-order chi connectivity index (χ0) is 25.1. The summed E-state index contributed by atoms with van der Waals surface area (Å²) in [6.45, 7) is 1.14. The van der Waals surface area contributed by atoms with Gasteiger partial charge in [0.15, 0.2) is 0 Å². The fourth-order valence-electron chi connectivity index (χ4n) is 3.85. The first-order chi connectivity index (χ1) is 16.7. The monoisotopic (exact) mass is 513 g/mol. The summed E-state index contributed by atoms with van der Waals surface area (Å²) in [6.07, 6.45) is 0.793. The molecular formula is C26H25ClFN3O3S. The van der Waals surface area contributed by atoms with E-state index in [2.05, 4.69) is 5.32 Å². The fraction of sp³-hybridized carbons (Fsp3) is 0.231. The van der Waals surface area contributed by atoms with Crippen LogP contribution in [0, 0.1) is 5.82 Å². The fourth-order valence-corrected chi connectivity index (χ4v) is 5.14. The van der Waals surface area contributed by atoms with Crippen LogP contribution in [-0.2, 0) is 20.1 Å². The van der Waals surface area contributed by atoms with Crippen molar-refractivity contribution in [3.8, 4) is 0 Å². The predicted octanol–water partition coefficient (Wildman–Crippen LogP) is 4.49. The molecule has 1 unspecified atom stereocenters. The van der Waals surface area contributed by atoms with Gasteiger partial charge in [-0.15, -0.1) is 11.3 Å². The topological polar surface area (TPSA) is 74.6 Å². The number of hydrogen-bond acceptors (Lipinski definition) is 5. The van der Waals surface area contributed by atoms with Gasteiger partial charge in [0.2, 0.25) is 5.43 Å². The average Bonchev–Trinajstić information content (AvgIpc) is 3.25. The van der Waals surface area contributed by atoms with Gasteiger partial charge >= 0.3 is 0 Å². The number of amides is 1. The van der Waals surface area contributed by atoms with Crippen LogP contribution in [-0.4, -0.2) is 34.1 Å². The first-order valence-electron chi connectivity index (χ1n) is 11.0. The van der Waals surface area contributed by atoms with Crippen molar-refractivity contribution in [3.63, 3.8) is 0 Å². The van der Waals surface area contributed by atoms with Crippen LogP contribution < -0.4 is 10.7 Å². The van der Waals surface area contributed by atoms with Crippen LogP contribution in [0.3, 0.4) is 0 Å². The van der Waals surface area contributed by atoms with Gasteiger partial charge in [0.1, 0.15) is 16.2 Å². The van der Waals surface area contributed by atoms with Crippen molar-refractivity contribution in [2.24, 2.45) is 7.05 Å². The summed E-state index contributed by atoms with van der Waals surface area (Å²) in [4.78, 5) is 29.5. The largest absolute Gasteiger partial charge is 0.387 e. The maximum absolute atomic E-state index is 13.1. The lowest BCUT2D eigenvalue weighted by Gasteiger charge is -2.20. The second-order valence-electron chi connectivity index (χ2n) is 8.49. The van der Waals surface area contributed by atoms with E-state index in [0.29, 0.717) is 29.1 Å². The Labute approximate surface area is 211 Å². The third-order valence-corrected chi connectivity index (χ3v) is 7.13. The van der Waals surface area contributed by atoms with E-state index >= 15 is 0 Å². The molecule has 35 heavy (non-hydrogen) atoms. The number of halogens is 2. The van der Waals surface area contributed by atoms with Gasteiger partial charge in [-0.3, -0.25) is 14.5 Å². The Bertz CT molecular complexity index is 1400. The summed E-state index contributed by atoms with van der Waals surface area (Å²) in [7, 11) is 3.67. The normalized spacial score (nSPS) is 12.3. The molecule has 4 rings (SSSR count). The summed E-state index contributed by atoms with van der Waals surface area (Å²) in [5.41, 5.74) is 1.28. The molecular weight excluding hydrogens is 489 g/mol. The molecule has 0 bridgehead atoms. The van der Waals surface area contributed by atoms with Crippen LogP contribution in [0.25, 0.3) is 10.2 Å². The number of pyridine rings is 1. The van der Waals surface area contributed by atoms with Crippen molar-refractivity contribution in [2.45, 2.75) is 19.2 Å². The molecule has 6 nitrogen and oxygen atoms in total. The number of fused-ring (bicyclic) bond motifs is 1. The highest BCUT2D eigenvalue weighted by molar-refractivity contribution is 7.18. The lowest BCUT2D eigenvalue weighted by molar-refractivity contribution is 0.0949. The molecule has 0 fully saturated rings. The quantitative estimate of drug-likeness (QED) is 0.364. The molecule has 0 aliphatic rings. The van der Waals surface area contributed by atoms with E-state index < -0.39 is 12.0 Å². The van der Waals surface area contributed by atoms with Gasteiger partial charge in [-0.2, -0.15) is 0 Å². The number of nitrogens with one attached hydrogen (secondary N) is 1. The molecule has 2 N–H and O–H groups in total. The molecule has 2 aromatic carbocycles. The zero-order valence-electron chi connectivity index (χ0n) is 19.3. The molecule has 0 radical (unpaired) electrons. The minimum absolute atomic E-state index is 0.0819. The minimum atomic E-state index is -0.767. The third-order valence-electron chi connectivity index (χ3n) is 5.67. The number of aliphatic hydroxyl groups excluding tert-OH is 1. The average molecular weight is 514 g/mol. The standard InChI is InChI=1S/C26H25ClFN3O3S/c1-30(15-23(32)17-5-9-19(28)10-6-17)13-20-11-21-24(33)22(14-31(2)26(21)35-20)25(34)29-12-16-3-7-18(27)8-4-16/h3-11,14,23,32H,12-13,15H2,1-2H3,(H,29,34). The Kier molecular flexibility index (Phi) is 7.66. The summed E-state index contributed by atoms with van der Waals surface area (Å²) in [5.74, 6) is -0.784. The molecule has 9 heteroatoms. The van der Waals surface area contributed by atoms with E-state index in [0.717, 1.165) is 15.3 Å². The van der Waals surface area contributed by atoms with E-state index in [-0.39, 0.29) is 23.4 Å². The summed E-state index contributed by atoms with van der Waals surface area (Å²) >= 11 is 7.37. The zero-order valence-corrected chi connectivity index (χ0v) is 20.9. The molecule has 0 saturated carbocycles. The molecule has 0 aliphatic carbocycles. The van der Waals surface area contributed by atoms with E-state index in [1.54, 1.807) is 48.1 Å². The molecule has 4 aromatic rings. The molecule has 0 aliphatic heterocycles. The first kappa shape index (κ1) is 25.1. The first-order valence-corrected chi connectivity index (χ1v) is 12.2. The van der Waals surface area contributed by atoms with Crippen molar-refractivity contribution in [1.82, 2.24) is 14.8 Å². The van der Waals surface area contributed by atoms with Crippen LogP contribution in [0.1, 0.15) is 32.5 Å². The number of thiophene rings is 1. The number of hydrogen-bond donors (Lipinski definition) is 2. The maximum atomic E-state index is 13.1. The van der Waals surface area contributed by atoms with Gasteiger partial charge in [-0.05, 0) is 48.5 Å². The number of carbonyl (C=O) groups is 1. The van der Waals surface area contributed by atoms with Crippen LogP contribution in [0.2, 0.25) is 5.02 Å².